The second-order valence-corrected chi connectivity index (χ2v) is 14.8. The first-order valence-electron chi connectivity index (χ1n) is 19.7. The highest BCUT2D eigenvalue weighted by Gasteiger charge is 2.22. The summed E-state index contributed by atoms with van der Waals surface area (Å²) in [6.45, 7) is 0.0438. The van der Waals surface area contributed by atoms with Crippen molar-refractivity contribution in [2.24, 2.45) is 42.3 Å². The van der Waals surface area contributed by atoms with Crippen LogP contribution in [0.2, 0.25) is 0 Å². The van der Waals surface area contributed by atoms with E-state index in [4.69, 9.17) is 5.11 Å². The molecule has 0 unspecified atom stereocenters. The van der Waals surface area contributed by atoms with E-state index in [0.29, 0.717) is 17.1 Å². The SMILES string of the molecule is Cn1cc(NC(=O)c2cc(NC(=O)c3cccn3C)cn2C)cc1C(=O)NCCCC(=O)Nc1cn(C)c(C(=O)Nc2cn(C)c(C(=O)Nc3cn(C)c(C(=O)NCCC(=O)O)n3)n2)n1. The molecule has 0 spiro atoms. The number of anilines is 5. The number of carbonyl (C=O) groups excluding carboxylic acids is 7. The minimum Gasteiger partial charge on any atom is -0.481 e. The van der Waals surface area contributed by atoms with E-state index in [0.717, 1.165) is 0 Å². The zero-order chi connectivity index (χ0) is 47.1. The van der Waals surface area contributed by atoms with Gasteiger partial charge in [-0.15, -0.1) is 0 Å². The van der Waals surface area contributed by atoms with Crippen molar-refractivity contribution >= 4 is 76.1 Å². The van der Waals surface area contributed by atoms with Gasteiger partial charge in [-0.1, -0.05) is 0 Å². The molecule has 0 aliphatic heterocycles. The summed E-state index contributed by atoms with van der Waals surface area (Å²) >= 11 is 0. The molecule has 7 amide bonds. The van der Waals surface area contributed by atoms with Crippen LogP contribution in [0, 0.1) is 0 Å². The van der Waals surface area contributed by atoms with Gasteiger partial charge in [-0.3, -0.25) is 38.4 Å². The fraction of sp³-hybridized carbons (Fsp3) is 0.275. The summed E-state index contributed by atoms with van der Waals surface area (Å²) in [7, 11) is 9.66. The molecule has 0 fully saturated rings. The number of aliphatic carboxylic acids is 1. The zero-order valence-electron chi connectivity index (χ0n) is 36.0. The average molecular weight is 895 g/mol. The van der Waals surface area contributed by atoms with E-state index in [9.17, 15) is 38.4 Å². The molecule has 25 heteroatoms. The van der Waals surface area contributed by atoms with Gasteiger partial charge in [0.15, 0.2) is 17.5 Å². The number of imidazole rings is 3. The van der Waals surface area contributed by atoms with Crippen LogP contribution in [0.4, 0.5) is 28.8 Å². The molecule has 8 N–H and O–H groups in total. The molecule has 25 nitrogen and oxygen atoms in total. The van der Waals surface area contributed by atoms with E-state index in [-0.39, 0.29) is 84.6 Å². The number of carbonyl (C=O) groups is 8. The Morgan fingerprint density at radius 2 is 0.954 bits per heavy atom. The van der Waals surface area contributed by atoms with Gasteiger partial charge >= 0.3 is 5.97 Å². The van der Waals surface area contributed by atoms with E-state index in [2.05, 4.69) is 52.2 Å². The normalized spacial score (nSPS) is 10.9. The maximum atomic E-state index is 13.1. The van der Waals surface area contributed by atoms with Gasteiger partial charge < -0.3 is 69.7 Å². The first kappa shape index (κ1) is 45.7. The molecule has 6 aromatic rings. The molecule has 65 heavy (non-hydrogen) atoms. The molecule has 0 aliphatic carbocycles. The lowest BCUT2D eigenvalue weighted by atomic mass is 10.3. The van der Waals surface area contributed by atoms with Crippen LogP contribution in [0.25, 0.3) is 0 Å². The first-order valence-corrected chi connectivity index (χ1v) is 19.7. The lowest BCUT2D eigenvalue weighted by molar-refractivity contribution is -0.136. The molecule has 0 atom stereocenters. The second kappa shape index (κ2) is 19.5. The van der Waals surface area contributed by atoms with Crippen molar-refractivity contribution in [1.29, 1.82) is 0 Å². The molecular formula is C40H46N16O9. The standard InChI is InChI=1S/C40H46N16O9/c1-51-14-8-9-24(51)36(61)43-23-16-26(53(3)18-23)37(62)44-22-15-25(52(2)17-22)35(60)41-12-7-10-30(57)45-27-19-55(5)33(46-27)39(64)50-29-21-56(6)34(48-29)40(65)49-28-20-54(4)32(47-28)38(63)42-13-11-31(58)59/h8-9,14-21H,7,10-13H2,1-6H3,(H,41,60)(H,42,63)(H,43,61)(H,44,62)(H,45,57)(H,49,65)(H,50,64)(H,58,59). The van der Waals surface area contributed by atoms with Gasteiger partial charge in [-0.05, 0) is 30.7 Å². The highest BCUT2D eigenvalue weighted by Crippen LogP contribution is 2.19. The molecular weight excluding hydrogens is 849 g/mol. The number of carboxylic acids is 1. The van der Waals surface area contributed by atoms with Crippen molar-refractivity contribution in [3.63, 3.8) is 0 Å². The molecule has 0 saturated carbocycles. The summed E-state index contributed by atoms with van der Waals surface area (Å²) in [5.74, 6) is -4.83. The number of amides is 7. The minimum atomic E-state index is -1.08. The summed E-state index contributed by atoms with van der Waals surface area (Å²) in [6.07, 6.45) is 9.17. The molecule has 0 aliphatic rings. The van der Waals surface area contributed by atoms with Gasteiger partial charge in [-0.25, -0.2) is 15.0 Å². The van der Waals surface area contributed by atoms with Crippen molar-refractivity contribution in [3.05, 3.63) is 96.0 Å². The fourth-order valence-corrected chi connectivity index (χ4v) is 6.47. The van der Waals surface area contributed by atoms with Crippen molar-refractivity contribution in [3.8, 4) is 0 Å². The zero-order valence-corrected chi connectivity index (χ0v) is 36.0. The first-order chi connectivity index (χ1) is 30.9. The Labute approximate surface area is 369 Å². The third kappa shape index (κ3) is 11.2. The molecule has 0 aromatic carbocycles. The lowest BCUT2D eigenvalue weighted by Gasteiger charge is -2.06. The third-order valence-electron chi connectivity index (χ3n) is 9.65. The summed E-state index contributed by atoms with van der Waals surface area (Å²) in [5, 5.41) is 27.2. The molecule has 340 valence electrons. The predicted octanol–water partition coefficient (Wildman–Crippen LogP) is 1.27. The second-order valence-electron chi connectivity index (χ2n) is 14.8. The third-order valence-corrected chi connectivity index (χ3v) is 9.65. The predicted molar refractivity (Wildman–Crippen MR) is 232 cm³/mol. The average Bonchev–Trinajstić information content (AvgIpc) is 4.10. The number of hydrogen-bond donors (Lipinski definition) is 8. The Morgan fingerprint density at radius 1 is 0.492 bits per heavy atom. The van der Waals surface area contributed by atoms with Crippen molar-refractivity contribution in [2.45, 2.75) is 19.3 Å². The topological polar surface area (TPSA) is 309 Å². The number of rotatable bonds is 18. The summed E-state index contributed by atoms with van der Waals surface area (Å²) in [6, 6.07) is 6.49. The van der Waals surface area contributed by atoms with Gasteiger partial charge in [0, 0.05) is 99.0 Å². The lowest BCUT2D eigenvalue weighted by Crippen LogP contribution is -2.28. The molecule has 6 aromatic heterocycles. The number of aromatic nitrogens is 9. The molecule has 6 rings (SSSR count). The van der Waals surface area contributed by atoms with Crippen LogP contribution in [0.5, 0.6) is 0 Å². The quantitative estimate of drug-likeness (QED) is 0.0566. The van der Waals surface area contributed by atoms with Gasteiger partial charge in [0.25, 0.3) is 35.4 Å². The van der Waals surface area contributed by atoms with Gasteiger partial charge in [0.1, 0.15) is 17.1 Å². The van der Waals surface area contributed by atoms with E-state index in [1.807, 2.05) is 0 Å². The van der Waals surface area contributed by atoms with Crippen LogP contribution in [-0.4, -0.2) is 108 Å². The number of hydrogen-bond acceptors (Lipinski definition) is 11. The summed E-state index contributed by atoms with van der Waals surface area (Å²) < 4.78 is 8.90. The molecule has 0 saturated heterocycles. The minimum absolute atomic E-state index is 0.00963. The van der Waals surface area contributed by atoms with E-state index < -0.39 is 41.4 Å². The van der Waals surface area contributed by atoms with Crippen LogP contribution in [0.3, 0.4) is 0 Å². The summed E-state index contributed by atoms with van der Waals surface area (Å²) in [4.78, 5) is 113. The van der Waals surface area contributed by atoms with E-state index in [1.165, 1.54) is 52.5 Å². The maximum Gasteiger partial charge on any atom is 0.305 e. The Kier molecular flexibility index (Phi) is 13.7. The van der Waals surface area contributed by atoms with Crippen molar-refractivity contribution in [1.82, 2.24) is 53.0 Å². The van der Waals surface area contributed by atoms with Gasteiger partial charge in [0.2, 0.25) is 23.4 Å². The van der Waals surface area contributed by atoms with Crippen molar-refractivity contribution < 1.29 is 43.5 Å². The fourth-order valence-electron chi connectivity index (χ4n) is 6.47. The number of nitrogens with zero attached hydrogens (tertiary/aromatic N) is 9. The maximum absolute atomic E-state index is 13.1. The largest absolute Gasteiger partial charge is 0.481 e. The van der Waals surface area contributed by atoms with E-state index >= 15 is 0 Å². The van der Waals surface area contributed by atoms with Gasteiger partial charge in [0.05, 0.1) is 17.8 Å². The van der Waals surface area contributed by atoms with E-state index in [1.54, 1.807) is 78.7 Å². The van der Waals surface area contributed by atoms with Crippen molar-refractivity contribution in [2.75, 3.05) is 39.7 Å². The van der Waals surface area contributed by atoms with Gasteiger partial charge in [-0.2, -0.15) is 0 Å². The Bertz CT molecular complexity index is 2830. The molecule has 6 heterocycles. The Hall–Kier alpha value is -8.77. The van der Waals surface area contributed by atoms with Crippen LogP contribution in [-0.2, 0) is 51.9 Å². The Morgan fingerprint density at radius 3 is 1.45 bits per heavy atom. The number of nitrogens with one attached hydrogen (secondary N) is 7. The van der Waals surface area contributed by atoms with Crippen LogP contribution in [0.15, 0.2) is 61.4 Å². The smallest absolute Gasteiger partial charge is 0.305 e. The van der Waals surface area contributed by atoms with Crippen LogP contribution < -0.4 is 37.2 Å². The van der Waals surface area contributed by atoms with Crippen LogP contribution >= 0.6 is 0 Å². The Balaban J connectivity index is 0.938. The van der Waals surface area contributed by atoms with Crippen LogP contribution in [0.1, 0.15) is 82.6 Å². The highest BCUT2D eigenvalue weighted by atomic mass is 16.4. The number of carboxylic acid groups (broad SMARTS) is 1. The number of aryl methyl sites for hydroxylation is 6. The molecule has 0 bridgehead atoms. The monoisotopic (exact) mass is 894 g/mol. The molecule has 0 radical (unpaired) electrons. The summed E-state index contributed by atoms with van der Waals surface area (Å²) in [5.41, 5.74) is 1.79. The highest BCUT2D eigenvalue weighted by molar-refractivity contribution is 6.07.